The molecule has 4 aromatic carbocycles. The molecule has 7 heterocycles. The molecular weight excluding hydrogens is 1460 g/mol. The van der Waals surface area contributed by atoms with Crippen LogP contribution in [0.1, 0.15) is 158 Å². The number of carbonyl (C=O) groups is 12. The van der Waals surface area contributed by atoms with Crippen molar-refractivity contribution in [1.82, 2.24) is 51.2 Å². The Morgan fingerprint density at radius 1 is 0.693 bits per heavy atom. The van der Waals surface area contributed by atoms with Crippen molar-refractivity contribution in [3.8, 4) is 11.5 Å². The van der Waals surface area contributed by atoms with Crippen LogP contribution in [0.4, 0.5) is 4.39 Å². The summed E-state index contributed by atoms with van der Waals surface area (Å²) in [6, 6.07) is 16.2. The molecule has 0 aliphatic carbocycles. The number of aliphatic hydroxyl groups excluding tert-OH is 1. The maximum absolute atomic E-state index is 16.3. The summed E-state index contributed by atoms with van der Waals surface area (Å²) in [7, 11) is 7.75. The van der Waals surface area contributed by atoms with E-state index in [-0.39, 0.29) is 128 Å². The Hall–Kier alpha value is -9.93. The minimum Gasteiger partial charge on any atom is -0.497 e. The number of ether oxygens (including phenoxy) is 3. The van der Waals surface area contributed by atoms with Gasteiger partial charge in [-0.15, -0.1) is 0 Å². The van der Waals surface area contributed by atoms with Gasteiger partial charge < -0.3 is 82.4 Å². The summed E-state index contributed by atoms with van der Waals surface area (Å²) in [5, 5.41) is 28.8. The number of rotatable bonds is 13. The fraction of sp³-hybridized carbons (Fsp3) is 0.547. The van der Waals surface area contributed by atoms with E-state index < -0.39 is 132 Å². The zero-order chi connectivity index (χ0) is 81.1. The summed E-state index contributed by atoms with van der Waals surface area (Å²) in [6.07, 6.45) is 2.55. The van der Waals surface area contributed by atoms with E-state index in [9.17, 15) is 33.9 Å². The second kappa shape index (κ2) is 40.9. The average Bonchev–Trinajstić information content (AvgIpc) is 1.61. The van der Waals surface area contributed by atoms with E-state index in [2.05, 4.69) is 53.0 Å². The van der Waals surface area contributed by atoms with E-state index in [4.69, 9.17) is 14.2 Å². The Morgan fingerprint density at radius 2 is 1.44 bits per heavy atom. The lowest BCUT2D eigenvalue weighted by Crippen LogP contribution is -2.62. The molecule has 27 nitrogen and oxygen atoms in total. The molecule has 7 N–H and O–H groups in total. The van der Waals surface area contributed by atoms with Crippen LogP contribution in [0.3, 0.4) is 0 Å². The number of hydrogen-bond acceptors (Lipinski definition) is 16. The Labute approximate surface area is 667 Å². The molecular formula is C86H116FN11O16. The number of methoxy groups -OCH3 is 1. The van der Waals surface area contributed by atoms with E-state index >= 15 is 33.2 Å². The van der Waals surface area contributed by atoms with Gasteiger partial charge in [0.2, 0.25) is 53.2 Å². The smallest absolute Gasteiger partial charge is 0.246 e. The number of aryl methyl sites for hydroxylation is 2. The lowest BCUT2D eigenvalue weighted by Gasteiger charge is -2.37. The molecule has 618 valence electrons. The fourth-order valence-electron chi connectivity index (χ4n) is 16.0. The van der Waals surface area contributed by atoms with Gasteiger partial charge in [-0.3, -0.25) is 57.5 Å². The third-order valence-electron chi connectivity index (χ3n) is 22.5. The van der Waals surface area contributed by atoms with Crippen molar-refractivity contribution in [3.63, 3.8) is 0 Å². The van der Waals surface area contributed by atoms with Crippen molar-refractivity contribution >= 4 is 81.4 Å². The molecule has 12 bridgehead atoms. The van der Waals surface area contributed by atoms with Gasteiger partial charge in [0, 0.05) is 101 Å². The van der Waals surface area contributed by atoms with E-state index in [1.165, 1.54) is 42.9 Å². The molecule has 1 aromatic heterocycles. The number of hydrogen-bond donors (Lipinski definition) is 7. The fourth-order valence-corrected chi connectivity index (χ4v) is 16.0. The van der Waals surface area contributed by atoms with Gasteiger partial charge in [0.1, 0.15) is 66.5 Å². The predicted octanol–water partition coefficient (Wildman–Crippen LogP) is 6.06. The molecule has 2 saturated heterocycles. The molecule has 0 saturated carbocycles. The summed E-state index contributed by atoms with van der Waals surface area (Å²) >= 11 is 0. The van der Waals surface area contributed by atoms with E-state index in [0.29, 0.717) is 103 Å². The van der Waals surface area contributed by atoms with E-state index in [0.717, 1.165) is 29.4 Å². The van der Waals surface area contributed by atoms with Crippen molar-refractivity contribution < 1.29 is 85.7 Å². The number of benzene rings is 4. The van der Waals surface area contributed by atoms with Gasteiger partial charge in [-0.2, -0.15) is 0 Å². The highest BCUT2D eigenvalue weighted by Crippen LogP contribution is 2.35. The van der Waals surface area contributed by atoms with Gasteiger partial charge in [0.05, 0.1) is 65.1 Å². The lowest BCUT2D eigenvalue weighted by molar-refractivity contribution is -0.870. The number of carbonyl (C=O) groups excluding carboxylic acids is 12. The van der Waals surface area contributed by atoms with Crippen LogP contribution >= 0.6 is 0 Å². The highest BCUT2D eigenvalue weighted by Gasteiger charge is 2.49. The maximum Gasteiger partial charge on any atom is 0.246 e. The number of ketones is 3. The van der Waals surface area contributed by atoms with Gasteiger partial charge in [-0.25, -0.2) is 4.39 Å². The highest BCUT2D eigenvalue weighted by molar-refractivity contribution is 6.00. The Bertz CT molecular complexity index is 4240. The first-order chi connectivity index (χ1) is 54.0. The quantitative estimate of drug-likeness (QED) is 0.0400. The van der Waals surface area contributed by atoms with Crippen LogP contribution in [-0.2, 0) is 101 Å². The number of aromatic nitrogens is 1. The first kappa shape index (κ1) is 88.0. The summed E-state index contributed by atoms with van der Waals surface area (Å²) in [4.78, 5) is 183. The van der Waals surface area contributed by atoms with Crippen LogP contribution < -0.4 is 41.4 Å². The van der Waals surface area contributed by atoms with Gasteiger partial charge in [0.25, 0.3) is 0 Å². The van der Waals surface area contributed by atoms with Crippen LogP contribution in [0.15, 0.2) is 97.2 Å². The van der Waals surface area contributed by atoms with Crippen molar-refractivity contribution in [2.45, 2.75) is 223 Å². The molecule has 0 spiro atoms. The molecule has 10 atom stereocenters. The Morgan fingerprint density at radius 3 is 2.18 bits per heavy atom. The number of unbranched alkanes of at least 4 members (excludes halogenated alkanes) is 2. The van der Waals surface area contributed by atoms with Crippen LogP contribution in [0, 0.1) is 19.2 Å². The predicted molar refractivity (Wildman–Crippen MR) is 425 cm³/mol. The number of fused-ring (bicyclic) bond motifs is 18. The molecule has 0 unspecified atom stereocenters. The largest absolute Gasteiger partial charge is 0.497 e. The first-order valence-electron chi connectivity index (χ1n) is 40.1. The van der Waals surface area contributed by atoms with Crippen LogP contribution in [0.5, 0.6) is 11.5 Å². The topological polar surface area (TPSA) is 340 Å². The molecule has 0 radical (unpaired) electrons. The van der Waals surface area contributed by atoms with Gasteiger partial charge in [-0.05, 0) is 181 Å². The SMILES string of the molecule is COc1ccc(C[C@@H]2NC(=O)[C@H]([C@@H](C)O)NC(=O)[C@@H]3[C@@H]4CCN3C(=O)[C@H]3CC(=O)[C@H](Cc5cccc(c5)CNC(=O)CO4)NC(=O)[C@@H](CCC(=O)CCCCC[N+](C)(C)C)NC(=O)[C@H](C)NC(=O)CCC(=O)N(CCCCCn4cc(c5cc(F)ccc54)C3)CCOc3ccc(cc3)CCCC(=O)[C@]3(C)CCCN3C2=O)cc1.[CH3-]. The van der Waals surface area contributed by atoms with Crippen LogP contribution in [0.2, 0.25) is 0 Å². The minimum absolute atomic E-state index is 0. The second-order valence-corrected chi connectivity index (χ2v) is 32.2. The van der Waals surface area contributed by atoms with Crippen LogP contribution in [0.25, 0.3) is 10.9 Å². The first-order valence-corrected chi connectivity index (χ1v) is 40.1. The van der Waals surface area contributed by atoms with Gasteiger partial charge in [0.15, 0.2) is 11.6 Å². The second-order valence-electron chi connectivity index (χ2n) is 32.2. The molecule has 114 heavy (non-hydrogen) atoms. The molecule has 6 aliphatic heterocycles. The molecule has 11 rings (SSSR count). The number of nitrogens with zero attached hydrogens (tertiary/aromatic N) is 5. The average molecular weight is 1580 g/mol. The third-order valence-corrected chi connectivity index (χ3v) is 22.5. The highest BCUT2D eigenvalue weighted by atomic mass is 19.1. The molecule has 6 aliphatic rings. The third kappa shape index (κ3) is 24.1. The van der Waals surface area contributed by atoms with E-state index in [1.54, 1.807) is 84.8 Å². The van der Waals surface area contributed by atoms with Gasteiger partial charge >= 0.3 is 0 Å². The number of quaternary nitrogens is 1. The Balaban J connectivity index is 0.0000149. The maximum atomic E-state index is 16.3. The van der Waals surface area contributed by atoms with Crippen molar-refractivity contribution in [1.29, 1.82) is 0 Å². The van der Waals surface area contributed by atoms with Crippen molar-refractivity contribution in [3.05, 3.63) is 138 Å². The summed E-state index contributed by atoms with van der Waals surface area (Å²) in [5.41, 5.74) is 2.32. The number of Topliss-reactive ketones (excluding diaryl/α,β-unsaturated/α-hetero) is 3. The normalized spacial score (nSPS) is 24.8. The number of halogens is 1. The Kier molecular flexibility index (Phi) is 31.6. The zero-order valence-corrected chi connectivity index (χ0v) is 67.3. The molecule has 28 heteroatoms. The summed E-state index contributed by atoms with van der Waals surface area (Å²) < 4.78 is 36.5. The summed E-state index contributed by atoms with van der Waals surface area (Å²) in [5.74, 6) is -8.71. The van der Waals surface area contributed by atoms with Gasteiger partial charge in [-0.1, -0.05) is 48.5 Å². The molecule has 9 amide bonds. The van der Waals surface area contributed by atoms with Crippen molar-refractivity contribution in [2.24, 2.45) is 5.92 Å². The lowest BCUT2D eigenvalue weighted by atomic mass is 9.88. The van der Waals surface area contributed by atoms with Crippen LogP contribution in [-0.4, -0.2) is 228 Å². The zero-order valence-electron chi connectivity index (χ0n) is 67.3. The summed E-state index contributed by atoms with van der Waals surface area (Å²) in [6.45, 7) is 5.44. The number of nitrogens with one attached hydrogen (secondary N) is 6. The van der Waals surface area contributed by atoms with Crippen molar-refractivity contribution in [2.75, 3.05) is 74.2 Å². The molecule has 5 aromatic rings. The van der Waals surface area contributed by atoms with E-state index in [1.807, 2.05) is 16.7 Å². The standard InChI is InChI=1S/C85H112FN11O16.CH3/c1-54-79(105)89-67(32-27-63(99)20-10-8-13-43-97(4,5)6)80(106)90-68-47-58-18-14-19-59(45-58)51-87-75(103)53-113-72-36-41-95-78(72)82(108)92-77(55(2)98)81(107)91-69(46-57-24-28-64(111-7)29-25-57)84(110)96-40-16-37-85(96,3)73(101)21-15-17-56-22-30-65(31-23-56)112-44-42-93(76(104)35-34-74(102)88-54)38-11-9-12-39-94-52-61(48-60(83(95)109)49-71(68)100)66-50-62(86)26-33-70(66)94;/h14,18-19,22-26,28-31,33,45,50,52,54-55,60,67-69,72,77-78,98H,8-13,15-17,20-21,27,32,34-44,46-49,51,53H2,1-7H3,(H5-,87,88,89,90,91,92,102,103,105,106,107,108);1H3/q;-1/p+1/t54-,55+,60+,67+,68-,69-,72-,77-,78-,85-;/m0./s1. The monoisotopic (exact) mass is 1580 g/mol. The minimum atomic E-state index is -1.83. The number of aliphatic hydroxyl groups is 1. The molecule has 2 fully saturated rings. The number of amides is 9.